The molecule has 182 valence electrons. The summed E-state index contributed by atoms with van der Waals surface area (Å²) in [5.41, 5.74) is 0.300. The summed E-state index contributed by atoms with van der Waals surface area (Å²) in [4.78, 5) is 40.3. The predicted octanol–water partition coefficient (Wildman–Crippen LogP) is 2.29. The van der Waals surface area contributed by atoms with Gasteiger partial charge in [-0.15, -0.1) is 0 Å². The quantitative estimate of drug-likeness (QED) is 0.459. The zero-order valence-electron chi connectivity index (χ0n) is 19.7. The van der Waals surface area contributed by atoms with Gasteiger partial charge in [0.1, 0.15) is 12.4 Å². The van der Waals surface area contributed by atoms with Crippen LogP contribution in [-0.4, -0.2) is 62.8 Å². The first-order chi connectivity index (χ1) is 15.9. The summed E-state index contributed by atoms with van der Waals surface area (Å²) >= 11 is 0. The number of hydrogen-bond donors (Lipinski definition) is 2. The van der Waals surface area contributed by atoms with Crippen LogP contribution in [0.25, 0.3) is 0 Å². The topological polar surface area (TPSA) is 125 Å². The van der Waals surface area contributed by atoms with Crippen molar-refractivity contribution < 1.29 is 22.8 Å². The van der Waals surface area contributed by atoms with Gasteiger partial charge in [-0.25, -0.2) is 8.42 Å². The Hall–Kier alpha value is -3.27. The maximum atomic E-state index is 12.2. The first-order valence-corrected chi connectivity index (χ1v) is 12.5. The third-order valence-corrected chi connectivity index (χ3v) is 4.92. The summed E-state index contributed by atoms with van der Waals surface area (Å²) < 4.78 is 26.1. The number of allylic oxidation sites excluding steroid dienone is 2. The molecule has 10 heteroatoms. The van der Waals surface area contributed by atoms with Crippen LogP contribution in [0.3, 0.4) is 0 Å². The summed E-state index contributed by atoms with van der Waals surface area (Å²) in [5.74, 6) is -0.977. The van der Waals surface area contributed by atoms with Crippen molar-refractivity contribution in [1.82, 2.24) is 14.9 Å². The standard InChI is InChI=1S/C19H22N4O5S.2C2H6/c24-15-23(19(26)16-8-4-3-5-9-16)14-18(25)21-12-11-20-17-10-6-1-2-7-13-29(27,28)22-17;2*1-2/h1-9,15H,10-14H2,(H,20,22)(H,21,25);2*1-2H3/b6-1-,7-2-;;. The molecular weight excluding hydrogens is 444 g/mol. The Kier molecular flexibility index (Phi) is 15.6. The normalized spacial score (nSPS) is 17.0. The Morgan fingerprint density at radius 3 is 2.36 bits per heavy atom. The number of imide groups is 1. The number of hydrogen-bond acceptors (Lipinski definition) is 6. The second-order valence-corrected chi connectivity index (χ2v) is 7.79. The molecule has 33 heavy (non-hydrogen) atoms. The van der Waals surface area contributed by atoms with Gasteiger partial charge in [-0.05, 0) is 12.1 Å². The largest absolute Gasteiger partial charge is 0.353 e. The number of sulfonamides is 1. The molecule has 0 aromatic heterocycles. The van der Waals surface area contributed by atoms with Crippen molar-refractivity contribution in [3.8, 4) is 0 Å². The molecule has 0 saturated heterocycles. The Bertz CT molecular complexity index is 925. The van der Waals surface area contributed by atoms with E-state index >= 15 is 0 Å². The minimum Gasteiger partial charge on any atom is -0.353 e. The van der Waals surface area contributed by atoms with E-state index in [0.717, 1.165) is 4.90 Å². The molecule has 2 rings (SSSR count). The summed E-state index contributed by atoms with van der Waals surface area (Å²) in [6.45, 7) is 7.84. The number of nitrogens with one attached hydrogen (secondary N) is 2. The number of carbonyl (C=O) groups is 3. The molecule has 1 aromatic rings. The molecule has 0 atom stereocenters. The molecule has 1 aliphatic rings. The van der Waals surface area contributed by atoms with Crippen molar-refractivity contribution in [1.29, 1.82) is 0 Å². The first kappa shape index (κ1) is 29.7. The van der Waals surface area contributed by atoms with Gasteiger partial charge in [0, 0.05) is 18.5 Å². The predicted molar refractivity (Wildman–Crippen MR) is 131 cm³/mol. The van der Waals surface area contributed by atoms with E-state index in [4.69, 9.17) is 0 Å². The zero-order chi connectivity index (χ0) is 25.1. The number of nitrogens with zero attached hydrogens (tertiary/aromatic N) is 2. The zero-order valence-corrected chi connectivity index (χ0v) is 20.5. The number of rotatable bonds is 7. The van der Waals surface area contributed by atoms with Gasteiger partial charge >= 0.3 is 0 Å². The second-order valence-electron chi connectivity index (χ2n) is 6.03. The Morgan fingerprint density at radius 1 is 1.09 bits per heavy atom. The number of amidine groups is 1. The lowest BCUT2D eigenvalue weighted by Gasteiger charge is -2.15. The van der Waals surface area contributed by atoms with Crippen LogP contribution < -0.4 is 10.0 Å². The maximum absolute atomic E-state index is 12.2. The van der Waals surface area contributed by atoms with Crippen LogP contribution in [-0.2, 0) is 19.6 Å². The molecule has 0 fully saturated rings. The molecule has 0 radical (unpaired) electrons. The lowest BCUT2D eigenvalue weighted by molar-refractivity contribution is -0.126. The molecule has 0 bridgehead atoms. The van der Waals surface area contributed by atoms with E-state index in [2.05, 4.69) is 15.0 Å². The highest BCUT2D eigenvalue weighted by molar-refractivity contribution is 7.90. The highest BCUT2D eigenvalue weighted by Crippen LogP contribution is 2.03. The monoisotopic (exact) mass is 478 g/mol. The fraction of sp³-hybridized carbons (Fsp3) is 0.391. The lowest BCUT2D eigenvalue weighted by atomic mass is 10.2. The van der Waals surface area contributed by atoms with Gasteiger partial charge in [0.25, 0.3) is 5.91 Å². The highest BCUT2D eigenvalue weighted by atomic mass is 32.2. The van der Waals surface area contributed by atoms with Crippen molar-refractivity contribution in [2.45, 2.75) is 34.1 Å². The maximum Gasteiger partial charge on any atom is 0.260 e. The van der Waals surface area contributed by atoms with E-state index < -0.39 is 28.4 Å². The molecule has 1 heterocycles. The summed E-state index contributed by atoms with van der Waals surface area (Å²) in [7, 11) is -3.50. The number of benzene rings is 1. The SMILES string of the molecule is CC.CC.O=CN(CC(=O)NCCN=C1C/C=C\C=C/CS(=O)(=O)N1)C(=O)c1ccccc1. The van der Waals surface area contributed by atoms with Crippen LogP contribution in [0.15, 0.2) is 59.6 Å². The fourth-order valence-corrected chi connectivity index (χ4v) is 3.33. The number of aliphatic imine (C=N–C) groups is 1. The van der Waals surface area contributed by atoms with Gasteiger partial charge < -0.3 is 5.32 Å². The van der Waals surface area contributed by atoms with E-state index in [0.29, 0.717) is 18.4 Å². The average molecular weight is 479 g/mol. The van der Waals surface area contributed by atoms with E-state index in [1.807, 2.05) is 27.7 Å². The van der Waals surface area contributed by atoms with Gasteiger partial charge in [-0.1, -0.05) is 70.2 Å². The van der Waals surface area contributed by atoms with Crippen LogP contribution in [0.4, 0.5) is 0 Å². The third-order valence-electron chi connectivity index (χ3n) is 3.74. The van der Waals surface area contributed by atoms with Crippen molar-refractivity contribution in [3.63, 3.8) is 0 Å². The van der Waals surface area contributed by atoms with Crippen LogP contribution in [0, 0.1) is 0 Å². The Labute approximate surface area is 196 Å². The van der Waals surface area contributed by atoms with E-state index in [-0.39, 0.29) is 24.7 Å². The van der Waals surface area contributed by atoms with Crippen LogP contribution >= 0.6 is 0 Å². The summed E-state index contributed by atoms with van der Waals surface area (Å²) in [6, 6.07) is 8.16. The minimum absolute atomic E-state index is 0.123. The second kappa shape index (κ2) is 17.3. The van der Waals surface area contributed by atoms with E-state index in [1.165, 1.54) is 6.08 Å². The number of carbonyl (C=O) groups excluding carboxylic acids is 3. The van der Waals surface area contributed by atoms with Crippen LogP contribution in [0.1, 0.15) is 44.5 Å². The van der Waals surface area contributed by atoms with Crippen molar-refractivity contribution >= 4 is 34.1 Å². The molecule has 1 aliphatic heterocycles. The smallest absolute Gasteiger partial charge is 0.260 e. The fourth-order valence-electron chi connectivity index (χ4n) is 2.38. The van der Waals surface area contributed by atoms with Crippen molar-refractivity contribution in [2.24, 2.45) is 4.99 Å². The van der Waals surface area contributed by atoms with E-state index in [1.54, 1.807) is 48.6 Å². The van der Waals surface area contributed by atoms with Crippen LogP contribution in [0.5, 0.6) is 0 Å². The first-order valence-electron chi connectivity index (χ1n) is 10.8. The molecule has 0 aliphatic carbocycles. The van der Waals surface area contributed by atoms with Crippen LogP contribution in [0.2, 0.25) is 0 Å². The van der Waals surface area contributed by atoms with Crippen molar-refractivity contribution in [3.05, 3.63) is 60.2 Å². The highest BCUT2D eigenvalue weighted by Gasteiger charge is 2.18. The molecule has 9 nitrogen and oxygen atoms in total. The minimum atomic E-state index is -3.50. The van der Waals surface area contributed by atoms with Crippen molar-refractivity contribution in [2.75, 3.05) is 25.4 Å². The van der Waals surface area contributed by atoms with Gasteiger partial charge in [-0.3, -0.25) is 29.0 Å². The average Bonchev–Trinajstić information content (AvgIpc) is 2.92. The molecule has 1 aromatic carbocycles. The molecule has 0 saturated carbocycles. The number of amides is 3. The molecule has 3 amide bonds. The van der Waals surface area contributed by atoms with E-state index in [9.17, 15) is 22.8 Å². The van der Waals surface area contributed by atoms with Gasteiger partial charge in [0.05, 0.1) is 12.3 Å². The van der Waals surface area contributed by atoms with Gasteiger partial charge in [0.15, 0.2) is 0 Å². The summed E-state index contributed by atoms with van der Waals surface area (Å²) in [6.07, 6.45) is 7.29. The summed E-state index contributed by atoms with van der Waals surface area (Å²) in [5, 5.41) is 2.55. The Morgan fingerprint density at radius 2 is 1.73 bits per heavy atom. The molecule has 2 N–H and O–H groups in total. The third kappa shape index (κ3) is 12.4. The molecular formula is C23H34N4O5S. The molecule has 0 spiro atoms. The Balaban J connectivity index is 0.00000242. The molecule has 0 unspecified atom stereocenters. The van der Waals surface area contributed by atoms with Gasteiger partial charge in [-0.2, -0.15) is 0 Å². The lowest BCUT2D eigenvalue weighted by Crippen LogP contribution is -2.40. The van der Waals surface area contributed by atoms with Gasteiger partial charge in [0.2, 0.25) is 22.3 Å².